The van der Waals surface area contributed by atoms with Crippen LogP contribution >= 0.6 is 0 Å². The van der Waals surface area contributed by atoms with Gasteiger partial charge in [0.15, 0.2) is 5.96 Å². The van der Waals surface area contributed by atoms with Gasteiger partial charge in [-0.15, -0.1) is 0 Å². The van der Waals surface area contributed by atoms with Crippen LogP contribution in [0.1, 0.15) is 57.2 Å². The Hall–Kier alpha value is -2.38. The van der Waals surface area contributed by atoms with Gasteiger partial charge in [0.2, 0.25) is 11.8 Å². The smallest absolute Gasteiger partial charge is 0.229 e. The molecule has 2 amide bonds. The third-order valence-corrected chi connectivity index (χ3v) is 4.56. The number of nitrogens with zero attached hydrogens (tertiary/aromatic N) is 5. The number of amides is 2. The first-order valence-electron chi connectivity index (χ1n) is 9.68. The molecule has 1 aromatic heterocycles. The highest BCUT2D eigenvalue weighted by Gasteiger charge is 2.25. The molecule has 0 saturated carbocycles. The third-order valence-electron chi connectivity index (χ3n) is 4.56. The molecule has 1 saturated heterocycles. The van der Waals surface area contributed by atoms with Gasteiger partial charge in [-0.05, 0) is 19.3 Å². The van der Waals surface area contributed by atoms with Crippen LogP contribution in [0, 0.1) is 0 Å². The molecule has 2 rings (SSSR count). The molecule has 1 fully saturated rings. The van der Waals surface area contributed by atoms with Crippen molar-refractivity contribution in [2.24, 2.45) is 12.0 Å². The largest absolute Gasteiger partial charge is 0.357 e. The van der Waals surface area contributed by atoms with Gasteiger partial charge in [0.25, 0.3) is 0 Å². The molecule has 0 unspecified atom stereocenters. The van der Waals surface area contributed by atoms with E-state index < -0.39 is 0 Å². The summed E-state index contributed by atoms with van der Waals surface area (Å²) < 4.78 is 1.84. The van der Waals surface area contributed by atoms with E-state index in [0.29, 0.717) is 44.8 Å². The van der Waals surface area contributed by atoms with Crippen molar-refractivity contribution in [3.8, 4) is 0 Å². The highest BCUT2D eigenvalue weighted by atomic mass is 16.2. The van der Waals surface area contributed by atoms with Crippen LogP contribution < -0.4 is 5.32 Å². The molecule has 0 bridgehead atoms. The Labute approximate surface area is 161 Å². The Bertz CT molecular complexity index is 678. The lowest BCUT2D eigenvalue weighted by Crippen LogP contribution is -2.42. The Morgan fingerprint density at radius 2 is 2.00 bits per heavy atom. The predicted octanol–water partition coefficient (Wildman–Crippen LogP) is 1.48. The van der Waals surface area contributed by atoms with Crippen molar-refractivity contribution in [3.63, 3.8) is 0 Å². The fourth-order valence-corrected chi connectivity index (χ4v) is 3.27. The monoisotopic (exact) mass is 376 g/mol. The summed E-state index contributed by atoms with van der Waals surface area (Å²) >= 11 is 0. The SMILES string of the molecule is CCNC(=NCCN1C(=O)CCCC1=O)N(C)Cc1cn(C)nc1C(C)C. The van der Waals surface area contributed by atoms with E-state index in [1.54, 1.807) is 0 Å². The summed E-state index contributed by atoms with van der Waals surface area (Å²) in [5.41, 5.74) is 2.26. The molecule has 150 valence electrons. The number of nitrogens with one attached hydrogen (secondary N) is 1. The van der Waals surface area contributed by atoms with Crippen molar-refractivity contribution >= 4 is 17.8 Å². The normalized spacial score (nSPS) is 15.6. The van der Waals surface area contributed by atoms with E-state index in [0.717, 1.165) is 18.2 Å². The Balaban J connectivity index is 2.03. The number of hydrogen-bond acceptors (Lipinski definition) is 4. The maximum absolute atomic E-state index is 11.9. The lowest BCUT2D eigenvalue weighted by molar-refractivity contribution is -0.147. The molecule has 0 spiro atoms. The maximum Gasteiger partial charge on any atom is 0.229 e. The van der Waals surface area contributed by atoms with Crippen LogP contribution in [0.5, 0.6) is 0 Å². The van der Waals surface area contributed by atoms with Gasteiger partial charge in [-0.25, -0.2) is 0 Å². The molecule has 8 nitrogen and oxygen atoms in total. The fraction of sp³-hybridized carbons (Fsp3) is 0.684. The summed E-state index contributed by atoms with van der Waals surface area (Å²) in [7, 11) is 3.91. The van der Waals surface area contributed by atoms with Gasteiger partial charge in [-0.2, -0.15) is 5.10 Å². The first kappa shape index (κ1) is 20.9. The number of aliphatic imine (C=N–C) groups is 1. The lowest BCUT2D eigenvalue weighted by atomic mass is 10.1. The summed E-state index contributed by atoms with van der Waals surface area (Å²) in [6.45, 7) is 8.46. The second-order valence-electron chi connectivity index (χ2n) is 7.25. The van der Waals surface area contributed by atoms with Crippen LogP contribution in [0.2, 0.25) is 0 Å². The zero-order valence-electron chi connectivity index (χ0n) is 17.2. The van der Waals surface area contributed by atoms with Crippen molar-refractivity contribution < 1.29 is 9.59 Å². The van der Waals surface area contributed by atoms with Crippen molar-refractivity contribution in [1.82, 2.24) is 24.9 Å². The Morgan fingerprint density at radius 1 is 1.33 bits per heavy atom. The van der Waals surface area contributed by atoms with Crippen molar-refractivity contribution in [3.05, 3.63) is 17.5 Å². The van der Waals surface area contributed by atoms with Crippen LogP contribution in [0.15, 0.2) is 11.2 Å². The van der Waals surface area contributed by atoms with Crippen molar-refractivity contribution in [2.75, 3.05) is 26.7 Å². The number of guanidine groups is 1. The number of piperidine rings is 1. The minimum absolute atomic E-state index is 0.0864. The minimum Gasteiger partial charge on any atom is -0.357 e. The van der Waals surface area contributed by atoms with Crippen LogP contribution in [-0.4, -0.2) is 64.0 Å². The van der Waals surface area contributed by atoms with Gasteiger partial charge < -0.3 is 10.2 Å². The first-order valence-corrected chi connectivity index (χ1v) is 9.68. The molecule has 1 aromatic rings. The number of aryl methyl sites for hydroxylation is 1. The van der Waals surface area contributed by atoms with Gasteiger partial charge >= 0.3 is 0 Å². The van der Waals surface area contributed by atoms with Crippen molar-refractivity contribution in [1.29, 1.82) is 0 Å². The highest BCUT2D eigenvalue weighted by Crippen LogP contribution is 2.18. The molecule has 1 N–H and O–H groups in total. The van der Waals surface area contributed by atoms with E-state index >= 15 is 0 Å². The fourth-order valence-electron chi connectivity index (χ4n) is 3.27. The summed E-state index contributed by atoms with van der Waals surface area (Å²) in [4.78, 5) is 31.8. The van der Waals surface area contributed by atoms with Gasteiger partial charge in [0.1, 0.15) is 0 Å². The summed E-state index contributed by atoms with van der Waals surface area (Å²) in [6, 6.07) is 0. The zero-order chi connectivity index (χ0) is 20.0. The molecule has 2 heterocycles. The molecule has 0 aliphatic carbocycles. The molecule has 1 aliphatic heterocycles. The molecule has 1 aliphatic rings. The Kier molecular flexibility index (Phi) is 7.38. The first-order chi connectivity index (χ1) is 12.8. The van der Waals surface area contributed by atoms with Gasteiger partial charge in [0.05, 0.1) is 12.2 Å². The van der Waals surface area contributed by atoms with Crippen LogP contribution in [0.4, 0.5) is 0 Å². The number of carbonyl (C=O) groups is 2. The number of aromatic nitrogens is 2. The van der Waals surface area contributed by atoms with E-state index in [2.05, 4.69) is 29.3 Å². The number of rotatable bonds is 7. The standard InChI is InChI=1S/C19H32N6O2/c1-6-20-19(21-10-11-25-16(26)8-7-9-17(25)27)23(4)12-15-13-24(5)22-18(15)14(2)3/h13-14H,6-12H2,1-5H3,(H,20,21). The highest BCUT2D eigenvalue weighted by molar-refractivity contribution is 5.97. The molecular formula is C19H32N6O2. The average molecular weight is 377 g/mol. The molecule has 0 atom stereocenters. The molecule has 27 heavy (non-hydrogen) atoms. The van der Waals surface area contributed by atoms with E-state index in [4.69, 9.17) is 0 Å². The Morgan fingerprint density at radius 3 is 2.59 bits per heavy atom. The molecule has 0 aromatic carbocycles. The molecular weight excluding hydrogens is 344 g/mol. The third kappa shape index (κ3) is 5.55. The minimum atomic E-state index is -0.0864. The van der Waals surface area contributed by atoms with Crippen molar-refractivity contribution in [2.45, 2.75) is 52.5 Å². The van der Waals surface area contributed by atoms with Crippen LogP contribution in [0.3, 0.4) is 0 Å². The van der Waals surface area contributed by atoms with E-state index in [1.807, 2.05) is 36.8 Å². The zero-order valence-corrected chi connectivity index (χ0v) is 17.2. The van der Waals surface area contributed by atoms with Crippen LogP contribution in [-0.2, 0) is 23.2 Å². The maximum atomic E-state index is 11.9. The van der Waals surface area contributed by atoms with E-state index in [9.17, 15) is 9.59 Å². The van der Waals surface area contributed by atoms with Gasteiger partial charge in [-0.3, -0.25) is 24.2 Å². The number of carbonyl (C=O) groups excluding carboxylic acids is 2. The topological polar surface area (TPSA) is 82.8 Å². The molecule has 8 heteroatoms. The average Bonchev–Trinajstić information content (AvgIpc) is 2.97. The summed E-state index contributed by atoms with van der Waals surface area (Å²) in [5.74, 6) is 0.937. The predicted molar refractivity (Wildman–Crippen MR) is 105 cm³/mol. The molecule has 0 radical (unpaired) electrons. The number of imide groups is 1. The second kappa shape index (κ2) is 9.53. The lowest BCUT2D eigenvalue weighted by Gasteiger charge is -2.25. The van der Waals surface area contributed by atoms with Gasteiger partial charge in [0, 0.05) is 58.3 Å². The van der Waals surface area contributed by atoms with E-state index in [1.165, 1.54) is 10.5 Å². The second-order valence-corrected chi connectivity index (χ2v) is 7.25. The van der Waals surface area contributed by atoms with Gasteiger partial charge in [-0.1, -0.05) is 13.8 Å². The van der Waals surface area contributed by atoms with E-state index in [-0.39, 0.29) is 11.8 Å². The van der Waals surface area contributed by atoms with Crippen LogP contribution in [0.25, 0.3) is 0 Å². The summed E-state index contributed by atoms with van der Waals surface area (Å²) in [5, 5.41) is 7.84. The number of hydrogen-bond donors (Lipinski definition) is 1. The summed E-state index contributed by atoms with van der Waals surface area (Å²) in [6.07, 6.45) is 3.61. The number of likely N-dealkylation sites (tertiary alicyclic amines) is 1. The quantitative estimate of drug-likeness (QED) is 0.443.